The third-order valence-corrected chi connectivity index (χ3v) is 4.50. The Bertz CT molecular complexity index is 550. The van der Waals surface area contributed by atoms with Gasteiger partial charge in [-0.3, -0.25) is 0 Å². The highest BCUT2D eigenvalue weighted by atomic mass is 32.2. The SMILES string of the molecule is CCNCc1ccc(F)c(S(=O)(=O)N(C)CC(F)F)c1. The number of nitrogens with zero attached hydrogens (tertiary/aromatic N) is 1. The molecule has 8 heteroatoms. The molecule has 0 bridgehead atoms. The zero-order valence-electron chi connectivity index (χ0n) is 11.2. The Morgan fingerprint density at radius 1 is 1.35 bits per heavy atom. The maximum Gasteiger partial charge on any atom is 0.252 e. The van der Waals surface area contributed by atoms with E-state index < -0.39 is 33.7 Å². The highest BCUT2D eigenvalue weighted by Crippen LogP contribution is 2.20. The van der Waals surface area contributed by atoms with Crippen LogP contribution in [0.15, 0.2) is 23.1 Å². The van der Waals surface area contributed by atoms with Gasteiger partial charge in [0.05, 0.1) is 6.54 Å². The van der Waals surface area contributed by atoms with Crippen molar-refractivity contribution in [2.24, 2.45) is 0 Å². The Morgan fingerprint density at radius 3 is 2.55 bits per heavy atom. The van der Waals surface area contributed by atoms with Crippen LogP contribution in [-0.4, -0.2) is 39.3 Å². The normalized spacial score (nSPS) is 12.3. The molecule has 0 aromatic heterocycles. The Morgan fingerprint density at radius 2 is 2.00 bits per heavy atom. The number of hydrogen-bond acceptors (Lipinski definition) is 3. The molecule has 0 fully saturated rings. The van der Waals surface area contributed by atoms with Gasteiger partial charge in [-0.25, -0.2) is 21.6 Å². The molecule has 4 nitrogen and oxygen atoms in total. The first kappa shape index (κ1) is 16.9. The molecule has 1 rings (SSSR count). The van der Waals surface area contributed by atoms with E-state index in [1.165, 1.54) is 6.07 Å². The van der Waals surface area contributed by atoms with Crippen LogP contribution < -0.4 is 5.32 Å². The summed E-state index contributed by atoms with van der Waals surface area (Å²) >= 11 is 0. The number of hydrogen-bond donors (Lipinski definition) is 1. The van der Waals surface area contributed by atoms with E-state index in [2.05, 4.69) is 5.32 Å². The van der Waals surface area contributed by atoms with Crippen molar-refractivity contribution in [1.82, 2.24) is 9.62 Å². The van der Waals surface area contributed by atoms with E-state index in [0.717, 1.165) is 19.2 Å². The number of nitrogens with one attached hydrogen (secondary N) is 1. The van der Waals surface area contributed by atoms with E-state index in [0.29, 0.717) is 23.0 Å². The van der Waals surface area contributed by atoms with Gasteiger partial charge in [0, 0.05) is 13.6 Å². The highest BCUT2D eigenvalue weighted by molar-refractivity contribution is 7.89. The van der Waals surface area contributed by atoms with Crippen LogP contribution >= 0.6 is 0 Å². The molecule has 0 aliphatic heterocycles. The largest absolute Gasteiger partial charge is 0.313 e. The van der Waals surface area contributed by atoms with Crippen LogP contribution in [0.5, 0.6) is 0 Å². The minimum atomic E-state index is -4.26. The number of sulfonamides is 1. The predicted molar refractivity (Wildman–Crippen MR) is 69.6 cm³/mol. The van der Waals surface area contributed by atoms with Gasteiger partial charge in [0.25, 0.3) is 6.43 Å². The van der Waals surface area contributed by atoms with Gasteiger partial charge in [0.1, 0.15) is 10.7 Å². The lowest BCUT2D eigenvalue weighted by molar-refractivity contribution is 0.126. The average Bonchev–Trinajstić information content (AvgIpc) is 2.36. The van der Waals surface area contributed by atoms with Gasteiger partial charge >= 0.3 is 0 Å². The molecule has 0 saturated heterocycles. The summed E-state index contributed by atoms with van der Waals surface area (Å²) in [5.74, 6) is -0.952. The second-order valence-corrected chi connectivity index (χ2v) is 6.24. The molecule has 0 saturated carbocycles. The Balaban J connectivity index is 3.10. The fourth-order valence-electron chi connectivity index (χ4n) is 1.59. The number of benzene rings is 1. The summed E-state index contributed by atoms with van der Waals surface area (Å²) < 4.78 is 62.8. The maximum absolute atomic E-state index is 13.7. The van der Waals surface area contributed by atoms with E-state index in [1.54, 1.807) is 0 Å². The van der Waals surface area contributed by atoms with E-state index in [9.17, 15) is 21.6 Å². The van der Waals surface area contributed by atoms with Gasteiger partial charge in [0.15, 0.2) is 0 Å². The monoisotopic (exact) mass is 310 g/mol. The maximum atomic E-state index is 13.7. The molecule has 1 aromatic carbocycles. The lowest BCUT2D eigenvalue weighted by Crippen LogP contribution is -2.32. The van der Waals surface area contributed by atoms with Gasteiger partial charge in [-0.1, -0.05) is 13.0 Å². The van der Waals surface area contributed by atoms with E-state index in [4.69, 9.17) is 0 Å². The lowest BCUT2D eigenvalue weighted by atomic mass is 10.2. The topological polar surface area (TPSA) is 49.4 Å². The molecule has 0 unspecified atom stereocenters. The molecular formula is C12H17F3N2O2S. The summed E-state index contributed by atoms with van der Waals surface area (Å²) in [5, 5.41) is 2.97. The first-order chi connectivity index (χ1) is 9.28. The summed E-state index contributed by atoms with van der Waals surface area (Å²) in [5.41, 5.74) is 0.567. The standard InChI is InChI=1S/C12H17F3N2O2S/c1-3-16-7-9-4-5-10(13)11(6-9)20(18,19)17(2)8-12(14)15/h4-6,12,16H,3,7-8H2,1-2H3. The van der Waals surface area contributed by atoms with Gasteiger partial charge in [-0.15, -0.1) is 0 Å². The first-order valence-electron chi connectivity index (χ1n) is 6.02. The summed E-state index contributed by atoms with van der Waals surface area (Å²) in [7, 11) is -3.26. The third kappa shape index (κ3) is 4.19. The van der Waals surface area contributed by atoms with Crippen LogP contribution in [-0.2, 0) is 16.6 Å². The first-order valence-corrected chi connectivity index (χ1v) is 7.46. The van der Waals surface area contributed by atoms with Crippen LogP contribution in [0.2, 0.25) is 0 Å². The van der Waals surface area contributed by atoms with Gasteiger partial charge in [-0.05, 0) is 24.2 Å². The van der Waals surface area contributed by atoms with Crippen molar-refractivity contribution >= 4 is 10.0 Å². The molecule has 0 spiro atoms. The smallest absolute Gasteiger partial charge is 0.252 e. The van der Waals surface area contributed by atoms with Crippen LogP contribution in [0.25, 0.3) is 0 Å². The van der Waals surface area contributed by atoms with Crippen LogP contribution in [0.3, 0.4) is 0 Å². The Hall–Kier alpha value is -1.12. The number of alkyl halides is 2. The van der Waals surface area contributed by atoms with Crippen molar-refractivity contribution in [1.29, 1.82) is 0 Å². The van der Waals surface area contributed by atoms with E-state index in [1.807, 2.05) is 6.92 Å². The zero-order chi connectivity index (χ0) is 15.3. The zero-order valence-corrected chi connectivity index (χ0v) is 12.1. The van der Waals surface area contributed by atoms with Crippen molar-refractivity contribution in [2.75, 3.05) is 20.1 Å². The minimum Gasteiger partial charge on any atom is -0.313 e. The molecule has 0 atom stereocenters. The van der Waals surface area contributed by atoms with Crippen molar-refractivity contribution in [3.8, 4) is 0 Å². The summed E-state index contributed by atoms with van der Waals surface area (Å²) in [6.07, 6.45) is -2.82. The highest BCUT2D eigenvalue weighted by Gasteiger charge is 2.26. The quantitative estimate of drug-likeness (QED) is 0.836. The summed E-state index contributed by atoms with van der Waals surface area (Å²) in [4.78, 5) is -0.587. The number of halogens is 3. The lowest BCUT2D eigenvalue weighted by Gasteiger charge is -2.17. The fourth-order valence-corrected chi connectivity index (χ4v) is 2.84. The molecule has 0 heterocycles. The van der Waals surface area contributed by atoms with Crippen molar-refractivity contribution < 1.29 is 21.6 Å². The van der Waals surface area contributed by atoms with Crippen LogP contribution in [0, 0.1) is 5.82 Å². The van der Waals surface area contributed by atoms with Crippen LogP contribution in [0.4, 0.5) is 13.2 Å². The molecule has 1 N–H and O–H groups in total. The third-order valence-electron chi connectivity index (χ3n) is 2.66. The molecule has 0 aliphatic carbocycles. The van der Waals surface area contributed by atoms with Crippen LogP contribution in [0.1, 0.15) is 12.5 Å². The summed E-state index contributed by atoms with van der Waals surface area (Å²) in [6.45, 7) is 1.94. The average molecular weight is 310 g/mol. The molecule has 0 radical (unpaired) electrons. The molecule has 0 aliphatic rings. The molecular weight excluding hydrogens is 293 g/mol. The fraction of sp³-hybridized carbons (Fsp3) is 0.500. The van der Waals surface area contributed by atoms with Crippen molar-refractivity contribution in [3.05, 3.63) is 29.6 Å². The molecule has 20 heavy (non-hydrogen) atoms. The Labute approximate surface area is 116 Å². The Kier molecular flexibility index (Phi) is 5.97. The molecule has 0 amide bonds. The van der Waals surface area contributed by atoms with Gasteiger partial charge < -0.3 is 5.32 Å². The van der Waals surface area contributed by atoms with Crippen molar-refractivity contribution in [3.63, 3.8) is 0 Å². The summed E-state index contributed by atoms with van der Waals surface area (Å²) in [6, 6.07) is 3.63. The molecule has 114 valence electrons. The predicted octanol–water partition coefficient (Wildman–Crippen LogP) is 1.82. The van der Waals surface area contributed by atoms with E-state index in [-0.39, 0.29) is 0 Å². The van der Waals surface area contributed by atoms with Gasteiger partial charge in [0.2, 0.25) is 10.0 Å². The second kappa shape index (κ2) is 7.05. The van der Waals surface area contributed by atoms with E-state index >= 15 is 0 Å². The number of rotatable bonds is 7. The second-order valence-electron chi connectivity index (χ2n) is 4.22. The van der Waals surface area contributed by atoms with Gasteiger partial charge in [-0.2, -0.15) is 4.31 Å². The molecule has 1 aromatic rings. The minimum absolute atomic E-state index is 0.373. The van der Waals surface area contributed by atoms with Crippen molar-refractivity contribution in [2.45, 2.75) is 24.8 Å².